The van der Waals surface area contributed by atoms with Crippen LogP contribution in [0.3, 0.4) is 0 Å². The molecule has 0 radical (unpaired) electrons. The van der Waals surface area contributed by atoms with Crippen LogP contribution in [0.4, 0.5) is 0 Å². The first-order chi connectivity index (χ1) is 7.19. The summed E-state index contributed by atoms with van der Waals surface area (Å²) in [6, 6.07) is 3.86. The van der Waals surface area contributed by atoms with Crippen LogP contribution in [0.5, 0.6) is 5.75 Å². The van der Waals surface area contributed by atoms with Gasteiger partial charge in [0.2, 0.25) is 0 Å². The van der Waals surface area contributed by atoms with E-state index in [0.717, 1.165) is 20.3 Å². The third-order valence-electron chi connectivity index (χ3n) is 1.84. The molecule has 0 aromatic heterocycles. The Labute approximate surface area is 106 Å². The summed E-state index contributed by atoms with van der Waals surface area (Å²) >= 11 is 6.84. The van der Waals surface area contributed by atoms with Crippen molar-refractivity contribution in [1.82, 2.24) is 0 Å². The third-order valence-corrected chi connectivity index (χ3v) is 3.02. The molecule has 5 heteroatoms. The van der Waals surface area contributed by atoms with E-state index in [2.05, 4.69) is 31.9 Å². The van der Waals surface area contributed by atoms with Crippen LogP contribution in [0, 0.1) is 0 Å². The Morgan fingerprint density at radius 2 is 1.87 bits per heavy atom. The van der Waals surface area contributed by atoms with Gasteiger partial charge in [-0.05, 0) is 49.6 Å². The fourth-order valence-corrected chi connectivity index (χ4v) is 2.62. The molecule has 1 aromatic carbocycles. The number of benzene rings is 1. The van der Waals surface area contributed by atoms with E-state index >= 15 is 0 Å². The summed E-state index contributed by atoms with van der Waals surface area (Å²) in [4.78, 5) is 0. The maximum absolute atomic E-state index is 8.65. The smallest absolute Gasteiger partial charge is 0.147 e. The van der Waals surface area contributed by atoms with Crippen molar-refractivity contribution < 1.29 is 9.84 Å². The molecule has 0 spiro atoms. The molecule has 0 heterocycles. The van der Waals surface area contributed by atoms with Gasteiger partial charge in [0.05, 0.1) is 15.6 Å². The number of nitrogens with two attached hydrogens (primary N) is 1. The monoisotopic (exact) mass is 337 g/mol. The Bertz CT molecular complexity index is 308. The van der Waals surface area contributed by atoms with Gasteiger partial charge in [0.1, 0.15) is 5.75 Å². The first kappa shape index (κ1) is 13.0. The van der Waals surface area contributed by atoms with E-state index in [1.54, 1.807) is 0 Å². The van der Waals surface area contributed by atoms with Gasteiger partial charge in [-0.25, -0.2) is 0 Å². The Balaban J connectivity index is 2.79. The minimum atomic E-state index is 0.135. The van der Waals surface area contributed by atoms with E-state index in [1.807, 2.05) is 12.1 Å². The van der Waals surface area contributed by atoms with E-state index in [-0.39, 0.29) is 6.61 Å². The number of halogens is 2. The van der Waals surface area contributed by atoms with Crippen LogP contribution >= 0.6 is 31.9 Å². The normalized spacial score (nSPS) is 10.4. The van der Waals surface area contributed by atoms with Gasteiger partial charge < -0.3 is 15.6 Å². The highest BCUT2D eigenvalue weighted by molar-refractivity contribution is 9.11. The molecule has 1 rings (SSSR count). The van der Waals surface area contributed by atoms with Crippen molar-refractivity contribution in [1.29, 1.82) is 0 Å². The van der Waals surface area contributed by atoms with E-state index in [9.17, 15) is 0 Å². The number of rotatable bonds is 5. The van der Waals surface area contributed by atoms with Crippen molar-refractivity contribution in [3.8, 4) is 5.75 Å². The Morgan fingerprint density at radius 3 is 2.33 bits per heavy atom. The second-order valence-electron chi connectivity index (χ2n) is 3.02. The molecule has 0 aliphatic carbocycles. The summed E-state index contributed by atoms with van der Waals surface area (Å²) in [5.74, 6) is 0.751. The minimum absolute atomic E-state index is 0.135. The SMILES string of the molecule is NCc1cc(Br)c(OCCCO)c(Br)c1. The molecule has 0 atom stereocenters. The number of ether oxygens (including phenoxy) is 1. The van der Waals surface area contributed by atoms with Gasteiger partial charge in [0.15, 0.2) is 0 Å². The molecule has 0 amide bonds. The van der Waals surface area contributed by atoms with Gasteiger partial charge in [0, 0.05) is 19.6 Å². The first-order valence-corrected chi connectivity index (χ1v) is 6.19. The number of aliphatic hydroxyl groups excluding tert-OH is 1. The summed E-state index contributed by atoms with van der Waals surface area (Å²) in [5.41, 5.74) is 6.57. The second kappa shape index (κ2) is 6.48. The number of aliphatic hydroxyl groups is 1. The van der Waals surface area contributed by atoms with Gasteiger partial charge in [-0.3, -0.25) is 0 Å². The molecule has 0 aliphatic rings. The van der Waals surface area contributed by atoms with Gasteiger partial charge in [-0.1, -0.05) is 0 Å². The molecule has 0 fully saturated rings. The molecule has 0 unspecified atom stereocenters. The van der Waals surface area contributed by atoms with E-state index < -0.39 is 0 Å². The third kappa shape index (κ3) is 3.75. The quantitative estimate of drug-likeness (QED) is 0.811. The summed E-state index contributed by atoms with van der Waals surface area (Å²) in [7, 11) is 0. The molecule has 3 N–H and O–H groups in total. The highest BCUT2D eigenvalue weighted by atomic mass is 79.9. The topological polar surface area (TPSA) is 55.5 Å². The van der Waals surface area contributed by atoms with Crippen LogP contribution in [0.2, 0.25) is 0 Å². The average Bonchev–Trinajstić information content (AvgIpc) is 2.22. The zero-order chi connectivity index (χ0) is 11.3. The molecule has 0 aliphatic heterocycles. The zero-order valence-corrected chi connectivity index (χ0v) is 11.3. The van der Waals surface area contributed by atoms with Crippen LogP contribution in [0.25, 0.3) is 0 Å². The van der Waals surface area contributed by atoms with Crippen LogP contribution in [0.15, 0.2) is 21.1 Å². The Kier molecular flexibility index (Phi) is 5.60. The van der Waals surface area contributed by atoms with Crippen molar-refractivity contribution in [2.45, 2.75) is 13.0 Å². The van der Waals surface area contributed by atoms with E-state index in [1.165, 1.54) is 0 Å². The first-order valence-electron chi connectivity index (χ1n) is 4.60. The maximum atomic E-state index is 8.65. The highest BCUT2D eigenvalue weighted by Gasteiger charge is 2.08. The highest BCUT2D eigenvalue weighted by Crippen LogP contribution is 2.34. The van der Waals surface area contributed by atoms with Crippen LogP contribution in [-0.4, -0.2) is 18.3 Å². The predicted molar refractivity (Wildman–Crippen MR) is 66.9 cm³/mol. The van der Waals surface area contributed by atoms with Gasteiger partial charge in [0.25, 0.3) is 0 Å². The Morgan fingerprint density at radius 1 is 1.27 bits per heavy atom. The largest absolute Gasteiger partial charge is 0.491 e. The van der Waals surface area contributed by atoms with E-state index in [0.29, 0.717) is 19.6 Å². The molecular weight excluding hydrogens is 326 g/mol. The van der Waals surface area contributed by atoms with Crippen LogP contribution in [0.1, 0.15) is 12.0 Å². The zero-order valence-electron chi connectivity index (χ0n) is 8.17. The second-order valence-corrected chi connectivity index (χ2v) is 4.73. The van der Waals surface area contributed by atoms with Crippen molar-refractivity contribution in [3.05, 3.63) is 26.6 Å². The number of hydrogen-bond donors (Lipinski definition) is 2. The van der Waals surface area contributed by atoms with Gasteiger partial charge in [-0.2, -0.15) is 0 Å². The standard InChI is InChI=1S/C10H13Br2NO2/c11-8-4-7(6-13)5-9(12)10(8)15-3-1-2-14/h4-5,14H,1-3,6,13H2. The van der Waals surface area contributed by atoms with Crippen LogP contribution in [-0.2, 0) is 6.54 Å². The molecule has 0 saturated heterocycles. The van der Waals surface area contributed by atoms with Crippen molar-refractivity contribution >= 4 is 31.9 Å². The molecule has 0 saturated carbocycles. The lowest BCUT2D eigenvalue weighted by molar-refractivity contribution is 0.232. The fraction of sp³-hybridized carbons (Fsp3) is 0.400. The average molecular weight is 339 g/mol. The lowest BCUT2D eigenvalue weighted by Gasteiger charge is -2.11. The molecule has 1 aromatic rings. The predicted octanol–water partition coefficient (Wildman–Crippen LogP) is 2.43. The summed E-state index contributed by atoms with van der Waals surface area (Å²) in [6.07, 6.45) is 0.623. The lowest BCUT2D eigenvalue weighted by Crippen LogP contribution is -2.02. The van der Waals surface area contributed by atoms with Crippen molar-refractivity contribution in [3.63, 3.8) is 0 Å². The molecule has 15 heavy (non-hydrogen) atoms. The molecule has 84 valence electrons. The summed E-state index contributed by atoms with van der Waals surface area (Å²) in [6.45, 7) is 1.12. The summed E-state index contributed by atoms with van der Waals surface area (Å²) in [5, 5.41) is 8.65. The van der Waals surface area contributed by atoms with Crippen molar-refractivity contribution in [2.75, 3.05) is 13.2 Å². The van der Waals surface area contributed by atoms with Crippen LogP contribution < -0.4 is 10.5 Å². The number of hydrogen-bond acceptors (Lipinski definition) is 3. The van der Waals surface area contributed by atoms with Gasteiger partial charge >= 0.3 is 0 Å². The lowest BCUT2D eigenvalue weighted by atomic mass is 10.2. The van der Waals surface area contributed by atoms with E-state index in [4.69, 9.17) is 15.6 Å². The molecular formula is C10H13Br2NO2. The Hall–Kier alpha value is -0.100. The maximum Gasteiger partial charge on any atom is 0.147 e. The molecule has 0 bridgehead atoms. The minimum Gasteiger partial charge on any atom is -0.491 e. The van der Waals surface area contributed by atoms with Gasteiger partial charge in [-0.15, -0.1) is 0 Å². The fourth-order valence-electron chi connectivity index (χ4n) is 1.11. The van der Waals surface area contributed by atoms with Crippen molar-refractivity contribution in [2.24, 2.45) is 5.73 Å². The summed E-state index contributed by atoms with van der Waals surface area (Å²) < 4.78 is 7.25. The molecule has 3 nitrogen and oxygen atoms in total.